The monoisotopic (exact) mass is 200 g/mol. The number of hydrogen-bond donors (Lipinski definition) is 1. The summed E-state index contributed by atoms with van der Waals surface area (Å²) in [6.07, 6.45) is 6.20. The molecular formula is C12H24O2. The second kappa shape index (κ2) is 4.63. The van der Waals surface area contributed by atoms with Crippen LogP contribution in [0, 0.1) is 5.41 Å². The van der Waals surface area contributed by atoms with Crippen molar-refractivity contribution in [3.63, 3.8) is 0 Å². The first-order valence-electron chi connectivity index (χ1n) is 5.69. The molecule has 0 aromatic carbocycles. The minimum Gasteiger partial charge on any atom is -0.390 e. The van der Waals surface area contributed by atoms with E-state index in [9.17, 15) is 5.11 Å². The van der Waals surface area contributed by atoms with Crippen LogP contribution >= 0.6 is 0 Å². The van der Waals surface area contributed by atoms with Crippen LogP contribution in [0.4, 0.5) is 0 Å². The van der Waals surface area contributed by atoms with Crippen LogP contribution in [0.3, 0.4) is 0 Å². The Labute approximate surface area is 87.7 Å². The lowest BCUT2D eigenvalue weighted by Gasteiger charge is -2.41. The number of hydrogen-bond acceptors (Lipinski definition) is 2. The number of ether oxygens (including phenoxy) is 1. The molecule has 2 nitrogen and oxygen atoms in total. The van der Waals surface area contributed by atoms with Gasteiger partial charge in [0.1, 0.15) is 0 Å². The zero-order valence-electron chi connectivity index (χ0n) is 9.81. The predicted octanol–water partition coefficient (Wildman–Crippen LogP) is 2.74. The zero-order valence-corrected chi connectivity index (χ0v) is 9.81. The molecule has 1 rings (SSSR count). The lowest BCUT2D eigenvalue weighted by atomic mass is 9.68. The number of methoxy groups -OCH3 is 1. The topological polar surface area (TPSA) is 29.5 Å². The Morgan fingerprint density at radius 3 is 2.57 bits per heavy atom. The van der Waals surface area contributed by atoms with Gasteiger partial charge in [0, 0.05) is 13.7 Å². The highest BCUT2D eigenvalue weighted by atomic mass is 16.5. The average molecular weight is 200 g/mol. The van der Waals surface area contributed by atoms with Crippen LogP contribution in [0.15, 0.2) is 0 Å². The number of aliphatic hydroxyl groups is 1. The maximum Gasteiger partial charge on any atom is 0.0653 e. The molecule has 1 atom stereocenters. The van der Waals surface area contributed by atoms with Gasteiger partial charge in [-0.05, 0) is 37.5 Å². The quantitative estimate of drug-likeness (QED) is 0.707. The molecule has 0 bridgehead atoms. The van der Waals surface area contributed by atoms with Gasteiger partial charge >= 0.3 is 0 Å². The molecule has 0 aliphatic heterocycles. The molecule has 0 aromatic rings. The van der Waals surface area contributed by atoms with Gasteiger partial charge in [-0.3, -0.25) is 0 Å². The van der Waals surface area contributed by atoms with Gasteiger partial charge in [-0.15, -0.1) is 0 Å². The molecular weight excluding hydrogens is 176 g/mol. The summed E-state index contributed by atoms with van der Waals surface area (Å²) in [4.78, 5) is 0. The second-order valence-electron chi connectivity index (χ2n) is 5.52. The van der Waals surface area contributed by atoms with Crippen LogP contribution in [-0.2, 0) is 4.74 Å². The summed E-state index contributed by atoms with van der Waals surface area (Å²) in [5.74, 6) is 0. The normalized spacial score (nSPS) is 31.7. The molecule has 0 aromatic heterocycles. The van der Waals surface area contributed by atoms with Crippen LogP contribution in [0.5, 0.6) is 0 Å². The fourth-order valence-electron chi connectivity index (χ4n) is 2.72. The minimum absolute atomic E-state index is 0.320. The molecule has 0 saturated heterocycles. The molecule has 0 heterocycles. The Bertz CT molecular complexity index is 177. The smallest absolute Gasteiger partial charge is 0.0653 e. The Morgan fingerprint density at radius 2 is 2.00 bits per heavy atom. The van der Waals surface area contributed by atoms with Crippen molar-refractivity contribution in [1.29, 1.82) is 0 Å². The van der Waals surface area contributed by atoms with Gasteiger partial charge in [0.25, 0.3) is 0 Å². The fourth-order valence-corrected chi connectivity index (χ4v) is 2.72. The fraction of sp³-hybridized carbons (Fsp3) is 1.00. The van der Waals surface area contributed by atoms with Gasteiger partial charge in [-0.1, -0.05) is 20.3 Å². The molecule has 0 radical (unpaired) electrons. The molecule has 1 unspecified atom stereocenters. The van der Waals surface area contributed by atoms with Crippen molar-refractivity contribution in [3.8, 4) is 0 Å². The Kier molecular flexibility index (Phi) is 3.96. The standard InChI is InChI=1S/C12H24O2/c1-11(2)6-4-7-12(13,10-11)8-5-9-14-3/h13H,4-10H2,1-3H3. The van der Waals surface area contributed by atoms with Gasteiger partial charge in [0.05, 0.1) is 5.60 Å². The summed E-state index contributed by atoms with van der Waals surface area (Å²) in [6, 6.07) is 0. The molecule has 84 valence electrons. The van der Waals surface area contributed by atoms with E-state index in [0.717, 1.165) is 38.7 Å². The van der Waals surface area contributed by atoms with E-state index < -0.39 is 5.60 Å². The highest BCUT2D eigenvalue weighted by molar-refractivity contribution is 4.90. The van der Waals surface area contributed by atoms with Gasteiger partial charge in [0.2, 0.25) is 0 Å². The molecule has 1 aliphatic rings. The summed E-state index contributed by atoms with van der Waals surface area (Å²) in [5, 5.41) is 10.4. The van der Waals surface area contributed by atoms with Gasteiger partial charge < -0.3 is 9.84 Å². The third-order valence-electron chi connectivity index (χ3n) is 3.29. The molecule has 0 spiro atoms. The van der Waals surface area contributed by atoms with Crippen LogP contribution in [0.1, 0.15) is 52.4 Å². The van der Waals surface area contributed by atoms with Crippen LogP contribution in [0.2, 0.25) is 0 Å². The Morgan fingerprint density at radius 1 is 1.29 bits per heavy atom. The Hall–Kier alpha value is -0.0800. The van der Waals surface area contributed by atoms with E-state index in [0.29, 0.717) is 5.41 Å². The maximum atomic E-state index is 10.4. The largest absolute Gasteiger partial charge is 0.390 e. The van der Waals surface area contributed by atoms with Crippen molar-refractivity contribution in [2.45, 2.75) is 58.0 Å². The van der Waals surface area contributed by atoms with Gasteiger partial charge in [-0.2, -0.15) is 0 Å². The first kappa shape index (κ1) is 12.0. The highest BCUT2D eigenvalue weighted by Crippen LogP contribution is 2.42. The van der Waals surface area contributed by atoms with Gasteiger partial charge in [-0.25, -0.2) is 0 Å². The first-order chi connectivity index (χ1) is 6.47. The van der Waals surface area contributed by atoms with Crippen molar-refractivity contribution in [1.82, 2.24) is 0 Å². The van der Waals surface area contributed by atoms with Crippen LogP contribution in [0.25, 0.3) is 0 Å². The minimum atomic E-state index is -0.416. The van der Waals surface area contributed by atoms with E-state index in [1.807, 2.05) is 0 Å². The first-order valence-corrected chi connectivity index (χ1v) is 5.69. The summed E-state index contributed by atoms with van der Waals surface area (Å²) >= 11 is 0. The molecule has 1 saturated carbocycles. The number of rotatable bonds is 4. The SMILES string of the molecule is COCCCC1(O)CCCC(C)(C)C1. The molecule has 1 aliphatic carbocycles. The van der Waals surface area contributed by atoms with E-state index in [4.69, 9.17) is 4.74 Å². The van der Waals surface area contributed by atoms with Crippen molar-refractivity contribution in [3.05, 3.63) is 0 Å². The maximum absolute atomic E-state index is 10.4. The third kappa shape index (κ3) is 3.58. The summed E-state index contributed by atoms with van der Waals surface area (Å²) < 4.78 is 5.02. The zero-order chi connectivity index (χ0) is 10.7. The summed E-state index contributed by atoms with van der Waals surface area (Å²) in [7, 11) is 1.72. The van der Waals surface area contributed by atoms with E-state index >= 15 is 0 Å². The van der Waals surface area contributed by atoms with E-state index in [2.05, 4.69) is 13.8 Å². The van der Waals surface area contributed by atoms with Crippen molar-refractivity contribution in [2.75, 3.05) is 13.7 Å². The molecule has 2 heteroatoms. The van der Waals surface area contributed by atoms with Crippen molar-refractivity contribution < 1.29 is 9.84 Å². The van der Waals surface area contributed by atoms with Crippen molar-refractivity contribution >= 4 is 0 Å². The molecule has 14 heavy (non-hydrogen) atoms. The summed E-state index contributed by atoms with van der Waals surface area (Å²) in [6.45, 7) is 5.28. The Balaban J connectivity index is 2.39. The molecule has 1 fully saturated rings. The lowest BCUT2D eigenvalue weighted by molar-refractivity contribution is -0.0492. The van der Waals surface area contributed by atoms with E-state index in [1.165, 1.54) is 6.42 Å². The van der Waals surface area contributed by atoms with Crippen LogP contribution in [-0.4, -0.2) is 24.4 Å². The predicted molar refractivity (Wildman–Crippen MR) is 58.3 cm³/mol. The average Bonchev–Trinajstić information content (AvgIpc) is 2.01. The highest BCUT2D eigenvalue weighted by Gasteiger charge is 2.37. The lowest BCUT2D eigenvalue weighted by Crippen LogP contribution is -2.39. The third-order valence-corrected chi connectivity index (χ3v) is 3.29. The van der Waals surface area contributed by atoms with Gasteiger partial charge in [0.15, 0.2) is 0 Å². The second-order valence-corrected chi connectivity index (χ2v) is 5.52. The van der Waals surface area contributed by atoms with E-state index in [1.54, 1.807) is 7.11 Å². The van der Waals surface area contributed by atoms with E-state index in [-0.39, 0.29) is 0 Å². The van der Waals surface area contributed by atoms with Crippen molar-refractivity contribution in [2.24, 2.45) is 5.41 Å². The summed E-state index contributed by atoms with van der Waals surface area (Å²) in [5.41, 5.74) is -0.0969. The molecule has 0 amide bonds. The molecule has 1 N–H and O–H groups in total. The van der Waals surface area contributed by atoms with Crippen LogP contribution < -0.4 is 0 Å².